The van der Waals surface area contributed by atoms with E-state index in [0.717, 1.165) is 10.2 Å². The molecule has 0 aliphatic carbocycles. The number of hydrogen-bond acceptors (Lipinski definition) is 6. The number of morpholine rings is 1. The SMILES string of the molecule is O=C(Cn1nc(-c2ccccc2)ccc1=O)Nc1ccc(S(=O)(=O)N2CCOCC2)cc1. The van der Waals surface area contributed by atoms with Gasteiger partial charge in [0.2, 0.25) is 15.9 Å². The third-order valence-corrected chi connectivity index (χ3v) is 6.89. The van der Waals surface area contributed by atoms with Crippen molar-refractivity contribution < 1.29 is 17.9 Å². The van der Waals surface area contributed by atoms with Gasteiger partial charge in [-0.2, -0.15) is 9.40 Å². The molecule has 1 saturated heterocycles. The summed E-state index contributed by atoms with van der Waals surface area (Å²) >= 11 is 0. The minimum atomic E-state index is -3.61. The summed E-state index contributed by atoms with van der Waals surface area (Å²) in [6, 6.07) is 18.2. The van der Waals surface area contributed by atoms with E-state index in [1.807, 2.05) is 30.3 Å². The topological polar surface area (TPSA) is 111 Å². The quantitative estimate of drug-likeness (QED) is 0.605. The molecule has 1 aliphatic heterocycles. The highest BCUT2D eigenvalue weighted by Crippen LogP contribution is 2.19. The molecule has 1 fully saturated rings. The smallest absolute Gasteiger partial charge is 0.267 e. The number of hydrogen-bond donors (Lipinski definition) is 1. The molecule has 0 atom stereocenters. The van der Waals surface area contributed by atoms with Crippen molar-refractivity contribution in [1.82, 2.24) is 14.1 Å². The molecule has 0 spiro atoms. The van der Waals surface area contributed by atoms with Crippen LogP contribution in [0, 0.1) is 0 Å². The molecular weight excluding hydrogens is 432 g/mol. The summed E-state index contributed by atoms with van der Waals surface area (Å²) in [6.07, 6.45) is 0. The lowest BCUT2D eigenvalue weighted by Gasteiger charge is -2.26. The fraction of sp³-hybridized carbons (Fsp3) is 0.227. The first-order valence-electron chi connectivity index (χ1n) is 10.0. The van der Waals surface area contributed by atoms with E-state index in [2.05, 4.69) is 10.4 Å². The number of nitrogens with zero attached hydrogens (tertiary/aromatic N) is 3. The molecular formula is C22H22N4O5S. The summed E-state index contributed by atoms with van der Waals surface area (Å²) in [5.74, 6) is -0.450. The van der Waals surface area contributed by atoms with Crippen LogP contribution in [0.2, 0.25) is 0 Å². The average molecular weight is 455 g/mol. The van der Waals surface area contributed by atoms with Gasteiger partial charge < -0.3 is 10.1 Å². The van der Waals surface area contributed by atoms with Gasteiger partial charge in [0.15, 0.2) is 0 Å². The number of benzene rings is 2. The second-order valence-corrected chi connectivity index (χ2v) is 9.11. The van der Waals surface area contributed by atoms with E-state index in [1.54, 1.807) is 6.07 Å². The number of aromatic nitrogens is 2. The Morgan fingerprint density at radius 3 is 2.34 bits per heavy atom. The molecule has 1 aromatic heterocycles. The minimum absolute atomic E-state index is 0.144. The van der Waals surface area contributed by atoms with E-state index < -0.39 is 21.5 Å². The van der Waals surface area contributed by atoms with Crippen molar-refractivity contribution >= 4 is 21.6 Å². The Bertz CT molecular complexity index is 1250. The third kappa shape index (κ3) is 4.93. The minimum Gasteiger partial charge on any atom is -0.379 e. The van der Waals surface area contributed by atoms with Crippen LogP contribution in [0.4, 0.5) is 5.69 Å². The molecule has 10 heteroatoms. The van der Waals surface area contributed by atoms with Gasteiger partial charge in [-0.3, -0.25) is 9.59 Å². The van der Waals surface area contributed by atoms with Gasteiger partial charge in [0.1, 0.15) is 6.54 Å². The van der Waals surface area contributed by atoms with Crippen molar-refractivity contribution in [3.05, 3.63) is 77.1 Å². The van der Waals surface area contributed by atoms with Crippen molar-refractivity contribution in [3.8, 4) is 11.3 Å². The van der Waals surface area contributed by atoms with Crippen LogP contribution in [0.3, 0.4) is 0 Å². The molecule has 32 heavy (non-hydrogen) atoms. The van der Waals surface area contributed by atoms with Crippen LogP contribution in [-0.2, 0) is 26.1 Å². The van der Waals surface area contributed by atoms with Crippen molar-refractivity contribution in [3.63, 3.8) is 0 Å². The van der Waals surface area contributed by atoms with Gasteiger partial charge in [-0.25, -0.2) is 13.1 Å². The van der Waals surface area contributed by atoms with Crippen molar-refractivity contribution in [1.29, 1.82) is 0 Å². The average Bonchev–Trinajstić information content (AvgIpc) is 2.82. The molecule has 4 rings (SSSR count). The molecule has 2 aromatic carbocycles. The molecule has 2 heterocycles. The summed E-state index contributed by atoms with van der Waals surface area (Å²) in [6.45, 7) is 1.08. The number of carbonyl (C=O) groups excluding carboxylic acids is 1. The maximum Gasteiger partial charge on any atom is 0.267 e. The Hall–Kier alpha value is -3.34. The number of anilines is 1. The first-order chi connectivity index (χ1) is 15.4. The van der Waals surface area contributed by atoms with E-state index in [4.69, 9.17) is 4.74 Å². The Labute approximate surface area is 185 Å². The molecule has 166 valence electrons. The highest BCUT2D eigenvalue weighted by molar-refractivity contribution is 7.89. The molecule has 0 saturated carbocycles. The van der Waals surface area contributed by atoms with Gasteiger partial charge in [-0.05, 0) is 30.3 Å². The Balaban J connectivity index is 1.44. The van der Waals surface area contributed by atoms with Crippen LogP contribution >= 0.6 is 0 Å². The van der Waals surface area contributed by atoms with Crippen LogP contribution in [0.15, 0.2) is 76.4 Å². The van der Waals surface area contributed by atoms with Crippen LogP contribution in [-0.4, -0.2) is 54.7 Å². The van der Waals surface area contributed by atoms with Crippen LogP contribution in [0.1, 0.15) is 0 Å². The summed E-state index contributed by atoms with van der Waals surface area (Å²) in [5.41, 5.74) is 1.43. The van der Waals surface area contributed by atoms with Crippen LogP contribution in [0.5, 0.6) is 0 Å². The first-order valence-corrected chi connectivity index (χ1v) is 11.5. The highest BCUT2D eigenvalue weighted by Gasteiger charge is 2.26. The van der Waals surface area contributed by atoms with E-state index in [-0.39, 0.29) is 11.4 Å². The molecule has 3 aromatic rings. The molecule has 0 unspecified atom stereocenters. The lowest BCUT2D eigenvalue weighted by Crippen LogP contribution is -2.40. The Morgan fingerprint density at radius 2 is 1.66 bits per heavy atom. The van der Waals surface area contributed by atoms with E-state index in [1.165, 1.54) is 34.6 Å². The summed E-state index contributed by atoms with van der Waals surface area (Å²) in [4.78, 5) is 24.7. The van der Waals surface area contributed by atoms with Crippen molar-refractivity contribution in [2.75, 3.05) is 31.6 Å². The molecule has 1 aliphatic rings. The molecule has 1 N–H and O–H groups in total. The Morgan fingerprint density at radius 1 is 0.969 bits per heavy atom. The van der Waals surface area contributed by atoms with Crippen molar-refractivity contribution in [2.45, 2.75) is 11.4 Å². The monoisotopic (exact) mass is 454 g/mol. The van der Waals surface area contributed by atoms with Crippen molar-refractivity contribution in [2.24, 2.45) is 0 Å². The van der Waals surface area contributed by atoms with Gasteiger partial charge in [-0.15, -0.1) is 0 Å². The second kappa shape index (κ2) is 9.43. The highest BCUT2D eigenvalue weighted by atomic mass is 32.2. The maximum absolute atomic E-state index is 12.7. The largest absolute Gasteiger partial charge is 0.379 e. The standard InChI is InChI=1S/C22H22N4O5S/c27-21(16-26-22(28)11-10-20(24-26)17-4-2-1-3-5-17)23-18-6-8-19(9-7-18)32(29,30)25-12-14-31-15-13-25/h1-11H,12-16H2,(H,23,27). The summed E-state index contributed by atoms with van der Waals surface area (Å²) < 4.78 is 33.0. The summed E-state index contributed by atoms with van der Waals surface area (Å²) in [5, 5.41) is 6.94. The number of carbonyl (C=O) groups is 1. The number of ether oxygens (including phenoxy) is 1. The van der Waals surface area contributed by atoms with E-state index in [9.17, 15) is 18.0 Å². The lowest BCUT2D eigenvalue weighted by molar-refractivity contribution is -0.117. The third-order valence-electron chi connectivity index (χ3n) is 4.98. The molecule has 0 bridgehead atoms. The predicted molar refractivity (Wildman–Crippen MR) is 119 cm³/mol. The second-order valence-electron chi connectivity index (χ2n) is 7.17. The normalized spacial score (nSPS) is 14.8. The fourth-order valence-electron chi connectivity index (χ4n) is 3.31. The van der Waals surface area contributed by atoms with Gasteiger partial charge >= 0.3 is 0 Å². The number of nitrogens with one attached hydrogen (secondary N) is 1. The zero-order chi connectivity index (χ0) is 22.6. The predicted octanol–water partition coefficient (Wildman–Crippen LogP) is 1.57. The zero-order valence-electron chi connectivity index (χ0n) is 17.2. The van der Waals surface area contributed by atoms with E-state index >= 15 is 0 Å². The van der Waals surface area contributed by atoms with Gasteiger partial charge in [0.25, 0.3) is 5.56 Å². The van der Waals surface area contributed by atoms with Crippen LogP contribution < -0.4 is 10.9 Å². The maximum atomic E-state index is 12.7. The zero-order valence-corrected chi connectivity index (χ0v) is 18.0. The fourth-order valence-corrected chi connectivity index (χ4v) is 4.72. The number of amides is 1. The number of sulfonamides is 1. The first kappa shape index (κ1) is 21.9. The Kier molecular flexibility index (Phi) is 6.45. The van der Waals surface area contributed by atoms with Gasteiger partial charge in [-0.1, -0.05) is 30.3 Å². The van der Waals surface area contributed by atoms with Gasteiger partial charge in [0.05, 0.1) is 23.8 Å². The van der Waals surface area contributed by atoms with E-state index in [0.29, 0.717) is 37.7 Å². The molecule has 9 nitrogen and oxygen atoms in total. The van der Waals surface area contributed by atoms with Crippen LogP contribution in [0.25, 0.3) is 11.3 Å². The summed E-state index contributed by atoms with van der Waals surface area (Å²) in [7, 11) is -3.61. The molecule has 0 radical (unpaired) electrons. The lowest BCUT2D eigenvalue weighted by atomic mass is 10.1. The molecule has 1 amide bonds. The van der Waals surface area contributed by atoms with Gasteiger partial charge in [0, 0.05) is 30.4 Å². The number of rotatable bonds is 6.